The summed E-state index contributed by atoms with van der Waals surface area (Å²) in [5, 5.41) is 36.4. The minimum atomic E-state index is -1.21. The molecule has 0 heterocycles. The molecule has 0 radical (unpaired) electrons. The molecule has 0 saturated carbocycles. The van der Waals surface area contributed by atoms with Gasteiger partial charge in [-0.2, -0.15) is 0 Å². The Kier molecular flexibility index (Phi) is 7.05. The van der Waals surface area contributed by atoms with Gasteiger partial charge in [0.15, 0.2) is 0 Å². The van der Waals surface area contributed by atoms with Gasteiger partial charge >= 0.3 is 0 Å². The fraction of sp³-hybridized carbons (Fsp3) is 1.00. The first-order chi connectivity index (χ1) is 7.35. The summed E-state index contributed by atoms with van der Waals surface area (Å²) >= 11 is 0. The lowest BCUT2D eigenvalue weighted by Gasteiger charge is -2.32. The van der Waals surface area contributed by atoms with Crippen molar-refractivity contribution in [3.05, 3.63) is 0 Å². The summed E-state index contributed by atoms with van der Waals surface area (Å²) in [5.74, 6) is 0. The molecule has 0 fully saturated rings. The Bertz CT molecular complexity index is 179. The van der Waals surface area contributed by atoms with Gasteiger partial charge in [0, 0.05) is 0 Å². The molecule has 0 aliphatic rings. The molecule has 6 nitrogen and oxygen atoms in total. The molecule has 0 spiro atoms. The lowest BCUT2D eigenvalue weighted by molar-refractivity contribution is -0.184. The van der Waals surface area contributed by atoms with Crippen molar-refractivity contribution in [2.75, 3.05) is 20.0 Å². The van der Waals surface area contributed by atoms with Crippen LogP contribution >= 0.6 is 0 Å². The molecule has 0 aliphatic carbocycles. The maximum Gasteiger partial charge on any atom is 0.144 e. The van der Waals surface area contributed by atoms with E-state index in [1.54, 1.807) is 20.8 Å². The van der Waals surface area contributed by atoms with Crippen LogP contribution < -0.4 is 0 Å². The van der Waals surface area contributed by atoms with E-state index in [1.807, 2.05) is 0 Å². The Morgan fingerprint density at radius 2 is 1.50 bits per heavy atom. The number of hydrogen-bond acceptors (Lipinski definition) is 6. The van der Waals surface area contributed by atoms with E-state index in [-0.39, 0.29) is 0 Å². The van der Waals surface area contributed by atoms with Crippen molar-refractivity contribution in [2.45, 2.75) is 44.7 Å². The van der Waals surface area contributed by atoms with Gasteiger partial charge in [0.2, 0.25) is 0 Å². The summed E-state index contributed by atoms with van der Waals surface area (Å²) in [6, 6.07) is 0. The third kappa shape index (κ3) is 5.74. The van der Waals surface area contributed by atoms with Crippen molar-refractivity contribution in [1.29, 1.82) is 0 Å². The minimum Gasteiger partial charge on any atom is -0.394 e. The molecule has 3 atom stereocenters. The smallest absolute Gasteiger partial charge is 0.144 e. The molecule has 0 aromatic heterocycles. The van der Waals surface area contributed by atoms with Gasteiger partial charge < -0.3 is 29.9 Å². The van der Waals surface area contributed by atoms with E-state index in [0.29, 0.717) is 0 Å². The largest absolute Gasteiger partial charge is 0.394 e. The summed E-state index contributed by atoms with van der Waals surface area (Å²) in [6.45, 7) is 3.86. The molecule has 0 aromatic carbocycles. The van der Waals surface area contributed by atoms with Gasteiger partial charge in [-0.1, -0.05) is 0 Å². The van der Waals surface area contributed by atoms with E-state index in [2.05, 4.69) is 0 Å². The van der Waals surface area contributed by atoms with Crippen molar-refractivity contribution in [2.24, 2.45) is 0 Å². The molecule has 0 rings (SSSR count). The summed E-state index contributed by atoms with van der Waals surface area (Å²) in [7, 11) is 0. The van der Waals surface area contributed by atoms with Crippen molar-refractivity contribution in [3.63, 3.8) is 0 Å². The second kappa shape index (κ2) is 7.16. The Morgan fingerprint density at radius 3 is 1.81 bits per heavy atom. The third-order valence-corrected chi connectivity index (χ3v) is 1.92. The van der Waals surface area contributed by atoms with Crippen LogP contribution in [0, 0.1) is 0 Å². The number of ether oxygens (including phenoxy) is 2. The van der Waals surface area contributed by atoms with Crippen molar-refractivity contribution in [3.8, 4) is 0 Å². The van der Waals surface area contributed by atoms with E-state index >= 15 is 0 Å². The molecule has 0 aromatic rings. The minimum absolute atomic E-state index is 0.399. The fourth-order valence-electron chi connectivity index (χ4n) is 1.26. The number of aliphatic hydroxyl groups is 4. The zero-order chi connectivity index (χ0) is 12.8. The molecule has 6 heteroatoms. The lowest BCUT2D eigenvalue weighted by Crippen LogP contribution is -2.47. The van der Waals surface area contributed by atoms with Crippen LogP contribution in [0.1, 0.15) is 20.8 Å². The van der Waals surface area contributed by atoms with Gasteiger partial charge in [-0.05, 0) is 20.8 Å². The molecular formula is C10H22O6. The molecule has 4 N–H and O–H groups in total. The summed E-state index contributed by atoms with van der Waals surface area (Å²) in [5.41, 5.74) is -0.534. The average Bonchev–Trinajstić information content (AvgIpc) is 2.20. The molecule has 0 saturated heterocycles. The number of aliphatic hydroxyl groups excluding tert-OH is 4. The van der Waals surface area contributed by atoms with E-state index in [0.717, 1.165) is 0 Å². The molecule has 16 heavy (non-hydrogen) atoms. The first-order valence-electron chi connectivity index (χ1n) is 5.15. The first-order valence-corrected chi connectivity index (χ1v) is 5.15. The van der Waals surface area contributed by atoms with Gasteiger partial charge in [0.1, 0.15) is 25.1 Å². The topological polar surface area (TPSA) is 99.4 Å². The van der Waals surface area contributed by atoms with Crippen LogP contribution in [-0.2, 0) is 9.47 Å². The average molecular weight is 238 g/mol. The highest BCUT2D eigenvalue weighted by atomic mass is 16.6. The highest BCUT2D eigenvalue weighted by Crippen LogP contribution is 2.16. The highest BCUT2D eigenvalue weighted by Gasteiger charge is 2.31. The van der Waals surface area contributed by atoms with E-state index in [4.69, 9.17) is 24.8 Å². The number of hydrogen-bond donors (Lipinski definition) is 4. The quantitative estimate of drug-likeness (QED) is 0.418. The zero-order valence-electron chi connectivity index (χ0n) is 9.96. The Labute approximate surface area is 95.4 Å². The van der Waals surface area contributed by atoms with Crippen LogP contribution in [0.3, 0.4) is 0 Å². The first kappa shape index (κ1) is 15.8. The maximum absolute atomic E-state index is 9.78. The van der Waals surface area contributed by atoms with Crippen molar-refractivity contribution < 1.29 is 29.9 Å². The van der Waals surface area contributed by atoms with Gasteiger partial charge in [-0.25, -0.2) is 0 Å². The van der Waals surface area contributed by atoms with Crippen LogP contribution in [0.5, 0.6) is 0 Å². The monoisotopic (exact) mass is 238 g/mol. The Hall–Kier alpha value is -0.240. The van der Waals surface area contributed by atoms with Gasteiger partial charge in [-0.3, -0.25) is 0 Å². The van der Waals surface area contributed by atoms with E-state index in [9.17, 15) is 5.11 Å². The molecular weight excluding hydrogens is 216 g/mol. The van der Waals surface area contributed by atoms with Crippen molar-refractivity contribution in [1.82, 2.24) is 0 Å². The number of rotatable bonds is 7. The predicted molar refractivity (Wildman–Crippen MR) is 56.8 cm³/mol. The maximum atomic E-state index is 9.78. The van der Waals surface area contributed by atoms with Gasteiger partial charge in [0.25, 0.3) is 0 Å². The van der Waals surface area contributed by atoms with Crippen LogP contribution in [0.4, 0.5) is 0 Å². The second-order valence-corrected chi connectivity index (χ2v) is 4.46. The summed E-state index contributed by atoms with van der Waals surface area (Å²) < 4.78 is 10.1. The van der Waals surface area contributed by atoms with Gasteiger partial charge in [0.05, 0.1) is 18.8 Å². The van der Waals surface area contributed by atoms with Crippen molar-refractivity contribution >= 4 is 0 Å². The zero-order valence-corrected chi connectivity index (χ0v) is 9.96. The molecule has 98 valence electrons. The Balaban J connectivity index is 4.43. The van der Waals surface area contributed by atoms with Crippen LogP contribution in [-0.4, -0.2) is 64.3 Å². The van der Waals surface area contributed by atoms with Crippen LogP contribution in [0.25, 0.3) is 0 Å². The van der Waals surface area contributed by atoms with Crippen LogP contribution in [0.15, 0.2) is 0 Å². The molecule has 0 aliphatic heterocycles. The van der Waals surface area contributed by atoms with Gasteiger partial charge in [-0.15, -0.1) is 0 Å². The third-order valence-electron chi connectivity index (χ3n) is 1.92. The Morgan fingerprint density at radius 1 is 1.00 bits per heavy atom. The molecule has 1 unspecified atom stereocenters. The van der Waals surface area contributed by atoms with E-state index in [1.165, 1.54) is 0 Å². The summed E-state index contributed by atoms with van der Waals surface area (Å²) in [6.07, 6.45) is -3.06. The SMILES string of the molecule is CC(C)(C)O[C@@H](CO)[C@@H](O)C(CO)OCO. The summed E-state index contributed by atoms with van der Waals surface area (Å²) in [4.78, 5) is 0. The second-order valence-electron chi connectivity index (χ2n) is 4.46. The lowest BCUT2D eigenvalue weighted by atomic mass is 10.1. The fourth-order valence-corrected chi connectivity index (χ4v) is 1.26. The highest BCUT2D eigenvalue weighted by molar-refractivity contribution is 4.79. The molecule has 0 amide bonds. The normalized spacial score (nSPS) is 18.2. The van der Waals surface area contributed by atoms with E-state index < -0.39 is 43.9 Å². The predicted octanol–water partition coefficient (Wildman–Crippen LogP) is -1.15. The van der Waals surface area contributed by atoms with Crippen LogP contribution in [0.2, 0.25) is 0 Å². The molecule has 0 bridgehead atoms. The standard InChI is InChI=1S/C10H22O6/c1-10(2,3)16-8(5-12)9(14)7(4-11)15-6-13/h7-9,11-14H,4-6H2,1-3H3/t7?,8-,9-/m0/s1.